The number of hydrogen-bond acceptors (Lipinski definition) is 1. The fraction of sp³-hybridized carbons (Fsp3) is 0.846. The summed E-state index contributed by atoms with van der Waals surface area (Å²) in [6, 6.07) is 0. The average Bonchev–Trinajstić information content (AvgIpc) is 2.22. The van der Waals surface area contributed by atoms with Gasteiger partial charge in [0, 0.05) is 6.54 Å². The zero-order valence-corrected chi connectivity index (χ0v) is 10.6. The first-order valence-electron chi connectivity index (χ1n) is 5.98. The summed E-state index contributed by atoms with van der Waals surface area (Å²) < 4.78 is 0. The fourth-order valence-electron chi connectivity index (χ4n) is 1.31. The molecule has 0 heterocycles. The van der Waals surface area contributed by atoms with Gasteiger partial charge in [0.1, 0.15) is 0 Å². The van der Waals surface area contributed by atoms with Gasteiger partial charge in [-0.25, -0.2) is 0 Å². The summed E-state index contributed by atoms with van der Waals surface area (Å²) in [4.78, 5) is 0. The molecule has 1 nitrogen and oxygen atoms in total. The molecule has 0 radical (unpaired) electrons. The first kappa shape index (κ1) is 13.7. The van der Waals surface area contributed by atoms with E-state index in [2.05, 4.69) is 46.0 Å². The van der Waals surface area contributed by atoms with E-state index in [9.17, 15) is 0 Å². The van der Waals surface area contributed by atoms with Crippen LogP contribution in [-0.4, -0.2) is 13.1 Å². The molecule has 0 saturated carbocycles. The van der Waals surface area contributed by atoms with Crippen molar-refractivity contribution in [2.75, 3.05) is 13.1 Å². The molecule has 0 aliphatic rings. The number of nitrogens with one attached hydrogen (secondary N) is 1. The maximum absolute atomic E-state index is 3.49. The molecule has 84 valence electrons. The second-order valence-electron chi connectivity index (χ2n) is 4.43. The summed E-state index contributed by atoms with van der Waals surface area (Å²) >= 11 is 0. The standard InChI is InChI=1S/C13H27N/c1-6-11(3)8-9-14-10-13(5)12(4)7-2/h8,12-14H,6-7,9-10H2,1-5H3/b11-8-. The van der Waals surface area contributed by atoms with Crippen molar-refractivity contribution in [3.8, 4) is 0 Å². The summed E-state index contributed by atoms with van der Waals surface area (Å²) in [6.07, 6.45) is 4.75. The van der Waals surface area contributed by atoms with Crippen molar-refractivity contribution in [2.24, 2.45) is 11.8 Å². The van der Waals surface area contributed by atoms with Crippen LogP contribution in [0, 0.1) is 11.8 Å². The molecule has 0 spiro atoms. The molecule has 0 aromatic rings. The Morgan fingerprint density at radius 3 is 2.36 bits per heavy atom. The summed E-state index contributed by atoms with van der Waals surface area (Å²) in [5.74, 6) is 1.62. The lowest BCUT2D eigenvalue weighted by atomic mass is 9.94. The van der Waals surface area contributed by atoms with Gasteiger partial charge in [-0.1, -0.05) is 45.8 Å². The highest BCUT2D eigenvalue weighted by molar-refractivity contribution is 4.97. The van der Waals surface area contributed by atoms with Crippen LogP contribution in [-0.2, 0) is 0 Å². The van der Waals surface area contributed by atoms with Crippen molar-refractivity contribution >= 4 is 0 Å². The Morgan fingerprint density at radius 1 is 1.21 bits per heavy atom. The van der Waals surface area contributed by atoms with Crippen LogP contribution in [0.3, 0.4) is 0 Å². The van der Waals surface area contributed by atoms with Gasteiger partial charge in [-0.05, 0) is 31.7 Å². The van der Waals surface area contributed by atoms with Crippen molar-refractivity contribution in [1.29, 1.82) is 0 Å². The van der Waals surface area contributed by atoms with E-state index in [4.69, 9.17) is 0 Å². The van der Waals surface area contributed by atoms with Crippen LogP contribution in [0.4, 0.5) is 0 Å². The van der Waals surface area contributed by atoms with Crippen molar-refractivity contribution in [2.45, 2.75) is 47.5 Å². The third-order valence-corrected chi connectivity index (χ3v) is 3.23. The van der Waals surface area contributed by atoms with E-state index in [0.29, 0.717) is 0 Å². The van der Waals surface area contributed by atoms with Crippen LogP contribution in [0.15, 0.2) is 11.6 Å². The first-order valence-corrected chi connectivity index (χ1v) is 5.98. The molecule has 0 amide bonds. The van der Waals surface area contributed by atoms with Gasteiger partial charge in [-0.2, -0.15) is 0 Å². The zero-order valence-electron chi connectivity index (χ0n) is 10.6. The third-order valence-electron chi connectivity index (χ3n) is 3.23. The maximum atomic E-state index is 3.49. The Kier molecular flexibility index (Phi) is 7.87. The molecule has 1 heteroatoms. The number of rotatable bonds is 7. The molecule has 1 N–H and O–H groups in total. The van der Waals surface area contributed by atoms with E-state index in [1.54, 1.807) is 0 Å². The van der Waals surface area contributed by atoms with E-state index in [0.717, 1.165) is 24.9 Å². The highest BCUT2D eigenvalue weighted by atomic mass is 14.8. The Hall–Kier alpha value is -0.300. The maximum Gasteiger partial charge on any atom is 0.0137 e. The van der Waals surface area contributed by atoms with E-state index in [1.165, 1.54) is 18.4 Å². The van der Waals surface area contributed by atoms with Gasteiger partial charge in [0.25, 0.3) is 0 Å². The monoisotopic (exact) mass is 197 g/mol. The second kappa shape index (κ2) is 8.05. The summed E-state index contributed by atoms with van der Waals surface area (Å²) in [5, 5.41) is 3.49. The molecule has 0 aliphatic carbocycles. The smallest absolute Gasteiger partial charge is 0.0137 e. The fourth-order valence-corrected chi connectivity index (χ4v) is 1.31. The van der Waals surface area contributed by atoms with Crippen molar-refractivity contribution < 1.29 is 0 Å². The van der Waals surface area contributed by atoms with Crippen LogP contribution in [0.5, 0.6) is 0 Å². The van der Waals surface area contributed by atoms with Crippen molar-refractivity contribution in [3.05, 3.63) is 11.6 Å². The zero-order chi connectivity index (χ0) is 11.0. The molecule has 14 heavy (non-hydrogen) atoms. The van der Waals surface area contributed by atoms with Gasteiger partial charge in [-0.3, -0.25) is 0 Å². The van der Waals surface area contributed by atoms with E-state index < -0.39 is 0 Å². The van der Waals surface area contributed by atoms with E-state index in [1.807, 2.05) is 0 Å². The van der Waals surface area contributed by atoms with E-state index in [-0.39, 0.29) is 0 Å². The Balaban J connectivity index is 3.54. The topological polar surface area (TPSA) is 12.0 Å². The van der Waals surface area contributed by atoms with Crippen molar-refractivity contribution in [3.63, 3.8) is 0 Å². The summed E-state index contributed by atoms with van der Waals surface area (Å²) in [5.41, 5.74) is 1.48. The summed E-state index contributed by atoms with van der Waals surface area (Å²) in [7, 11) is 0. The minimum Gasteiger partial charge on any atom is -0.313 e. The normalized spacial score (nSPS) is 16.8. The third kappa shape index (κ3) is 6.20. The molecule has 0 bridgehead atoms. The predicted molar refractivity (Wildman–Crippen MR) is 65.5 cm³/mol. The van der Waals surface area contributed by atoms with Gasteiger partial charge in [0.05, 0.1) is 0 Å². The molecular weight excluding hydrogens is 170 g/mol. The van der Waals surface area contributed by atoms with Crippen LogP contribution < -0.4 is 5.32 Å². The molecule has 2 atom stereocenters. The first-order chi connectivity index (χ1) is 6.61. The predicted octanol–water partition coefficient (Wildman–Crippen LogP) is 3.61. The lowest BCUT2D eigenvalue weighted by Gasteiger charge is -2.18. The lowest BCUT2D eigenvalue weighted by molar-refractivity contribution is 0.363. The molecule has 0 aromatic carbocycles. The highest BCUT2D eigenvalue weighted by Crippen LogP contribution is 2.12. The van der Waals surface area contributed by atoms with Crippen molar-refractivity contribution in [1.82, 2.24) is 5.32 Å². The van der Waals surface area contributed by atoms with Crippen LogP contribution >= 0.6 is 0 Å². The average molecular weight is 197 g/mol. The second-order valence-corrected chi connectivity index (χ2v) is 4.43. The SMILES string of the molecule is CC/C(C)=C\CNCC(C)C(C)CC. The minimum atomic E-state index is 0.787. The van der Waals surface area contributed by atoms with Crippen LogP contribution in [0.25, 0.3) is 0 Å². The molecule has 0 aliphatic heterocycles. The van der Waals surface area contributed by atoms with Gasteiger partial charge in [0.15, 0.2) is 0 Å². The minimum absolute atomic E-state index is 0.787. The molecular formula is C13H27N. The Morgan fingerprint density at radius 2 is 1.86 bits per heavy atom. The van der Waals surface area contributed by atoms with Gasteiger partial charge >= 0.3 is 0 Å². The lowest BCUT2D eigenvalue weighted by Crippen LogP contribution is -2.25. The Bertz CT molecular complexity index is 161. The Labute approximate surface area is 90.0 Å². The molecule has 2 unspecified atom stereocenters. The van der Waals surface area contributed by atoms with Gasteiger partial charge in [0.2, 0.25) is 0 Å². The van der Waals surface area contributed by atoms with Gasteiger partial charge in [-0.15, -0.1) is 0 Å². The van der Waals surface area contributed by atoms with Crippen LogP contribution in [0.1, 0.15) is 47.5 Å². The highest BCUT2D eigenvalue weighted by Gasteiger charge is 2.08. The quantitative estimate of drug-likeness (QED) is 0.485. The molecule has 0 fully saturated rings. The largest absolute Gasteiger partial charge is 0.313 e. The number of allylic oxidation sites excluding steroid dienone is 1. The van der Waals surface area contributed by atoms with E-state index >= 15 is 0 Å². The van der Waals surface area contributed by atoms with Gasteiger partial charge < -0.3 is 5.32 Å². The molecule has 0 rings (SSSR count). The molecule has 0 saturated heterocycles. The summed E-state index contributed by atoms with van der Waals surface area (Å²) in [6.45, 7) is 13.5. The molecule has 0 aromatic heterocycles. The number of hydrogen-bond donors (Lipinski definition) is 1. The van der Waals surface area contributed by atoms with Crippen LogP contribution in [0.2, 0.25) is 0 Å².